The molecular formula is C15H27NO. The highest BCUT2D eigenvalue weighted by molar-refractivity contribution is 5.87. The number of amides is 1. The normalized spacial score (nSPS) is 13.4. The molecule has 1 N–H and O–H groups in total. The van der Waals surface area contributed by atoms with Crippen molar-refractivity contribution in [2.75, 3.05) is 6.54 Å². The van der Waals surface area contributed by atoms with Crippen LogP contribution in [0.3, 0.4) is 0 Å². The standard InChI is InChI=1S/C15H27NO/c1-4-6-7-8-9-10-11-12-15(17)16-13-14(3)5-2/h9-12,14H,4-8,13H2,1-3H3,(H,16,17)/b10-9-,12-11+/t14-/m0/s1. The molecule has 0 saturated carbocycles. The van der Waals surface area contributed by atoms with E-state index < -0.39 is 0 Å². The summed E-state index contributed by atoms with van der Waals surface area (Å²) in [6.45, 7) is 7.23. The molecule has 1 atom stereocenters. The molecule has 98 valence electrons. The molecule has 17 heavy (non-hydrogen) atoms. The molecule has 0 aliphatic heterocycles. The van der Waals surface area contributed by atoms with Gasteiger partial charge < -0.3 is 5.32 Å². The van der Waals surface area contributed by atoms with Crippen LogP contribution >= 0.6 is 0 Å². The zero-order valence-corrected chi connectivity index (χ0v) is 11.5. The van der Waals surface area contributed by atoms with Crippen LogP contribution in [-0.4, -0.2) is 12.5 Å². The summed E-state index contributed by atoms with van der Waals surface area (Å²) in [4.78, 5) is 11.4. The minimum absolute atomic E-state index is 0.00325. The van der Waals surface area contributed by atoms with Gasteiger partial charge in [-0.15, -0.1) is 0 Å². The Morgan fingerprint density at radius 1 is 1.24 bits per heavy atom. The molecule has 0 aromatic heterocycles. The third-order valence-corrected chi connectivity index (χ3v) is 2.79. The summed E-state index contributed by atoms with van der Waals surface area (Å²) < 4.78 is 0. The number of unbranched alkanes of at least 4 members (excludes halogenated alkanes) is 3. The lowest BCUT2D eigenvalue weighted by molar-refractivity contribution is -0.116. The molecule has 2 heteroatoms. The number of carbonyl (C=O) groups excluding carboxylic acids is 1. The van der Waals surface area contributed by atoms with Crippen LogP contribution in [0, 0.1) is 5.92 Å². The molecule has 0 aromatic carbocycles. The van der Waals surface area contributed by atoms with E-state index in [2.05, 4.69) is 32.2 Å². The van der Waals surface area contributed by atoms with Crippen molar-refractivity contribution in [2.45, 2.75) is 52.9 Å². The van der Waals surface area contributed by atoms with Crippen molar-refractivity contribution in [2.24, 2.45) is 5.92 Å². The minimum atomic E-state index is 0.00325. The van der Waals surface area contributed by atoms with Crippen molar-refractivity contribution in [3.8, 4) is 0 Å². The van der Waals surface area contributed by atoms with Crippen molar-refractivity contribution in [3.05, 3.63) is 24.3 Å². The van der Waals surface area contributed by atoms with E-state index in [9.17, 15) is 4.79 Å². The molecule has 0 heterocycles. The van der Waals surface area contributed by atoms with Crippen LogP contribution in [0.2, 0.25) is 0 Å². The van der Waals surface area contributed by atoms with Gasteiger partial charge in [-0.3, -0.25) is 4.79 Å². The molecule has 0 bridgehead atoms. The Balaban J connectivity index is 3.59. The van der Waals surface area contributed by atoms with Gasteiger partial charge in [-0.2, -0.15) is 0 Å². The summed E-state index contributed by atoms with van der Waals surface area (Å²) in [5.74, 6) is 0.556. The van der Waals surface area contributed by atoms with E-state index in [0.717, 1.165) is 19.4 Å². The molecule has 0 fully saturated rings. The van der Waals surface area contributed by atoms with Gasteiger partial charge in [0.1, 0.15) is 0 Å². The minimum Gasteiger partial charge on any atom is -0.352 e. The zero-order valence-electron chi connectivity index (χ0n) is 11.5. The number of rotatable bonds is 9. The van der Waals surface area contributed by atoms with Gasteiger partial charge in [0, 0.05) is 12.6 Å². The number of hydrogen-bond acceptors (Lipinski definition) is 1. The first kappa shape index (κ1) is 16.0. The lowest BCUT2D eigenvalue weighted by Crippen LogP contribution is -2.26. The molecular weight excluding hydrogens is 210 g/mol. The van der Waals surface area contributed by atoms with Crippen molar-refractivity contribution < 1.29 is 4.79 Å². The molecule has 1 amide bonds. The average Bonchev–Trinajstić information content (AvgIpc) is 2.34. The van der Waals surface area contributed by atoms with Crippen LogP contribution < -0.4 is 5.32 Å². The number of nitrogens with one attached hydrogen (secondary N) is 1. The number of allylic oxidation sites excluding steroid dienone is 3. The van der Waals surface area contributed by atoms with E-state index in [1.54, 1.807) is 6.08 Å². The average molecular weight is 237 g/mol. The first-order chi connectivity index (χ1) is 8.20. The second-order valence-corrected chi connectivity index (χ2v) is 4.54. The second-order valence-electron chi connectivity index (χ2n) is 4.54. The monoisotopic (exact) mass is 237 g/mol. The summed E-state index contributed by atoms with van der Waals surface area (Å²) >= 11 is 0. The summed E-state index contributed by atoms with van der Waals surface area (Å²) in [7, 11) is 0. The van der Waals surface area contributed by atoms with E-state index in [1.165, 1.54) is 19.3 Å². The fourth-order valence-corrected chi connectivity index (χ4v) is 1.31. The summed E-state index contributed by atoms with van der Waals surface area (Å²) in [5.41, 5.74) is 0. The Kier molecular flexibility index (Phi) is 10.7. The van der Waals surface area contributed by atoms with Crippen molar-refractivity contribution >= 4 is 5.91 Å². The maximum atomic E-state index is 11.4. The van der Waals surface area contributed by atoms with E-state index in [4.69, 9.17) is 0 Å². The van der Waals surface area contributed by atoms with Crippen molar-refractivity contribution in [1.29, 1.82) is 0 Å². The summed E-state index contributed by atoms with van der Waals surface area (Å²) in [6, 6.07) is 0. The summed E-state index contributed by atoms with van der Waals surface area (Å²) in [5, 5.41) is 2.88. The Labute approximate surface area is 106 Å². The van der Waals surface area contributed by atoms with Crippen LogP contribution in [0.25, 0.3) is 0 Å². The maximum Gasteiger partial charge on any atom is 0.243 e. The first-order valence-electron chi connectivity index (χ1n) is 6.81. The fraction of sp³-hybridized carbons (Fsp3) is 0.667. The van der Waals surface area contributed by atoms with E-state index in [0.29, 0.717) is 5.92 Å². The maximum absolute atomic E-state index is 11.4. The second kappa shape index (κ2) is 11.4. The zero-order chi connectivity index (χ0) is 12.9. The quantitative estimate of drug-likeness (QED) is 0.368. The molecule has 0 unspecified atom stereocenters. The Hall–Kier alpha value is -1.05. The van der Waals surface area contributed by atoms with Crippen LogP contribution in [0.1, 0.15) is 52.9 Å². The highest BCUT2D eigenvalue weighted by Crippen LogP contribution is 1.99. The largest absolute Gasteiger partial charge is 0.352 e. The molecule has 0 rings (SSSR count). The molecule has 0 aliphatic rings. The van der Waals surface area contributed by atoms with Gasteiger partial charge in [0.15, 0.2) is 0 Å². The number of hydrogen-bond donors (Lipinski definition) is 1. The van der Waals surface area contributed by atoms with E-state index in [-0.39, 0.29) is 5.91 Å². The van der Waals surface area contributed by atoms with Crippen LogP contribution in [0.15, 0.2) is 24.3 Å². The molecule has 0 saturated heterocycles. The molecule has 0 aromatic rings. The smallest absolute Gasteiger partial charge is 0.243 e. The molecule has 0 aliphatic carbocycles. The molecule has 2 nitrogen and oxygen atoms in total. The van der Waals surface area contributed by atoms with Gasteiger partial charge in [-0.05, 0) is 18.8 Å². The van der Waals surface area contributed by atoms with Gasteiger partial charge in [0.25, 0.3) is 0 Å². The Morgan fingerprint density at radius 2 is 2.00 bits per heavy atom. The Bertz CT molecular complexity index is 243. The summed E-state index contributed by atoms with van der Waals surface area (Å²) in [6.07, 6.45) is 13.5. The van der Waals surface area contributed by atoms with Crippen molar-refractivity contribution in [3.63, 3.8) is 0 Å². The highest BCUT2D eigenvalue weighted by atomic mass is 16.1. The van der Waals surface area contributed by atoms with Crippen LogP contribution in [-0.2, 0) is 4.79 Å². The number of carbonyl (C=O) groups is 1. The van der Waals surface area contributed by atoms with Gasteiger partial charge in [0.2, 0.25) is 5.91 Å². The van der Waals surface area contributed by atoms with Gasteiger partial charge in [0.05, 0.1) is 0 Å². The van der Waals surface area contributed by atoms with Crippen LogP contribution in [0.5, 0.6) is 0 Å². The third-order valence-electron chi connectivity index (χ3n) is 2.79. The predicted octanol–water partition coefficient (Wildman–Crippen LogP) is 3.84. The highest BCUT2D eigenvalue weighted by Gasteiger charge is 1.99. The predicted molar refractivity (Wildman–Crippen MR) is 74.9 cm³/mol. The van der Waals surface area contributed by atoms with E-state index >= 15 is 0 Å². The Morgan fingerprint density at radius 3 is 2.65 bits per heavy atom. The fourth-order valence-electron chi connectivity index (χ4n) is 1.31. The molecule has 0 radical (unpaired) electrons. The first-order valence-corrected chi connectivity index (χ1v) is 6.81. The van der Waals surface area contributed by atoms with Crippen LogP contribution in [0.4, 0.5) is 0 Å². The topological polar surface area (TPSA) is 29.1 Å². The lowest BCUT2D eigenvalue weighted by Gasteiger charge is -2.07. The SMILES string of the molecule is CCCCC/C=C\C=C\C(=O)NC[C@@H](C)CC. The van der Waals surface area contributed by atoms with Gasteiger partial charge >= 0.3 is 0 Å². The van der Waals surface area contributed by atoms with E-state index in [1.807, 2.05) is 12.2 Å². The van der Waals surface area contributed by atoms with Gasteiger partial charge in [-0.1, -0.05) is 58.3 Å². The van der Waals surface area contributed by atoms with Gasteiger partial charge in [-0.25, -0.2) is 0 Å². The molecule has 0 spiro atoms. The van der Waals surface area contributed by atoms with Crippen molar-refractivity contribution in [1.82, 2.24) is 5.32 Å². The third kappa shape index (κ3) is 11.2. The lowest BCUT2D eigenvalue weighted by atomic mass is 10.1.